The summed E-state index contributed by atoms with van der Waals surface area (Å²) >= 11 is 0. The maximum Gasteiger partial charge on any atom is 0.362 e. The second-order valence-electron chi connectivity index (χ2n) is 16.6. The molecule has 1 rings (SSSR count). The van der Waals surface area contributed by atoms with E-state index in [1.54, 1.807) is 0 Å². The highest BCUT2D eigenvalue weighted by Gasteiger charge is 2.22. The van der Waals surface area contributed by atoms with Crippen molar-refractivity contribution >= 4 is 11.9 Å². The quantitative estimate of drug-likeness (QED) is 0.0540. The zero-order valence-electron chi connectivity index (χ0n) is 34.8. The number of carbonyl (C=O) groups excluding carboxylic acids is 2. The molecule has 0 heterocycles. The van der Waals surface area contributed by atoms with Gasteiger partial charge in [0.2, 0.25) is 0 Å². The van der Waals surface area contributed by atoms with Crippen LogP contribution in [-0.2, 0) is 32.3 Å². The Morgan fingerprint density at radius 1 is 0.423 bits per heavy atom. The van der Waals surface area contributed by atoms with E-state index in [-0.39, 0.29) is 50.0 Å². The number of benzene rings is 1. The third kappa shape index (κ3) is 32.1. The van der Waals surface area contributed by atoms with Crippen LogP contribution >= 0.6 is 0 Å². The molecule has 0 bridgehead atoms. The van der Waals surface area contributed by atoms with Crippen molar-refractivity contribution in [2.75, 3.05) is 54.4 Å². The Hall–Kier alpha value is -1.34. The summed E-state index contributed by atoms with van der Waals surface area (Å²) in [6, 6.07) is 7.82. The molecule has 1 aromatic carbocycles. The van der Waals surface area contributed by atoms with Gasteiger partial charge in [0, 0.05) is 0 Å². The van der Waals surface area contributed by atoms with Crippen molar-refractivity contribution in [3.63, 3.8) is 0 Å². The Balaban J connectivity index is 0. The molecule has 0 N–H and O–H groups in total. The Morgan fingerprint density at radius 2 is 0.654 bits per heavy atom. The molecule has 0 spiro atoms. The minimum Gasteiger partial charge on any atom is -1.00 e. The smallest absolute Gasteiger partial charge is 0.362 e. The van der Waals surface area contributed by atoms with E-state index in [1.807, 2.05) is 24.3 Å². The van der Waals surface area contributed by atoms with Crippen LogP contribution in [0.25, 0.3) is 0 Å². The monoisotopic (exact) mass is 773 g/mol. The molecule has 6 nitrogen and oxygen atoms in total. The molecule has 0 amide bonds. The molecule has 0 aliphatic rings. The Bertz CT molecular complexity index is 894. The third-order valence-corrected chi connectivity index (χ3v) is 10.2. The van der Waals surface area contributed by atoms with Gasteiger partial charge in [0.15, 0.2) is 13.1 Å². The number of carbonyl (C=O) groups is 2. The summed E-state index contributed by atoms with van der Waals surface area (Å²) in [5.41, 5.74) is 1.89. The summed E-state index contributed by atoms with van der Waals surface area (Å²) in [5.74, 6) is -0.313. The van der Waals surface area contributed by atoms with Crippen LogP contribution in [0.5, 0.6) is 0 Å². The molecule has 0 aliphatic carbocycles. The molecule has 0 saturated heterocycles. The van der Waals surface area contributed by atoms with Crippen molar-refractivity contribution in [1.82, 2.24) is 0 Å². The van der Waals surface area contributed by atoms with Crippen molar-refractivity contribution in [1.29, 1.82) is 0 Å². The van der Waals surface area contributed by atoms with Gasteiger partial charge in [-0.15, -0.1) is 0 Å². The Kier molecular flexibility index (Phi) is 34.7. The maximum atomic E-state index is 12.6. The summed E-state index contributed by atoms with van der Waals surface area (Å²) in [5, 5.41) is 0. The second kappa shape index (κ2) is 34.2. The van der Waals surface area contributed by atoms with Crippen molar-refractivity contribution < 1.29 is 52.8 Å². The predicted molar refractivity (Wildman–Crippen MR) is 212 cm³/mol. The first-order valence-corrected chi connectivity index (χ1v) is 21.1. The van der Waals surface area contributed by atoms with Crippen molar-refractivity contribution in [2.45, 2.75) is 181 Å². The highest BCUT2D eigenvalue weighted by molar-refractivity contribution is 5.71. The third-order valence-electron chi connectivity index (χ3n) is 10.2. The number of hydrogen-bond acceptors (Lipinski definition) is 4. The predicted octanol–water partition coefficient (Wildman–Crippen LogP) is 5.34. The number of rotatable bonds is 34. The minimum absolute atomic E-state index is 0. The first-order chi connectivity index (χ1) is 24.1. The lowest BCUT2D eigenvalue weighted by atomic mass is 10.1. The van der Waals surface area contributed by atoms with Gasteiger partial charge >= 0.3 is 11.9 Å². The average molecular weight is 774 g/mol. The normalized spacial score (nSPS) is 11.5. The van der Waals surface area contributed by atoms with Gasteiger partial charge in [-0.3, -0.25) is 0 Å². The maximum absolute atomic E-state index is 12.6. The van der Waals surface area contributed by atoms with E-state index in [4.69, 9.17) is 9.47 Å². The van der Waals surface area contributed by atoms with Crippen molar-refractivity contribution in [2.24, 2.45) is 0 Å². The molecule has 0 radical (unpaired) electrons. The fourth-order valence-corrected chi connectivity index (χ4v) is 6.77. The number of likely N-dealkylation sites (N-methyl/N-ethyl adjacent to an activating group) is 2. The number of hydrogen-bond donors (Lipinski definition) is 0. The number of esters is 2. The molecule has 1 aromatic rings. The van der Waals surface area contributed by atoms with Crippen LogP contribution in [-0.4, -0.2) is 75.3 Å². The van der Waals surface area contributed by atoms with Crippen LogP contribution < -0.4 is 24.8 Å². The molecular formula is C44H82Cl2N2O4. The number of ether oxygens (including phenoxy) is 2. The van der Waals surface area contributed by atoms with Gasteiger partial charge < -0.3 is 43.3 Å². The van der Waals surface area contributed by atoms with Crippen LogP contribution in [0.2, 0.25) is 0 Å². The fourth-order valence-electron chi connectivity index (χ4n) is 6.77. The lowest BCUT2D eigenvalue weighted by molar-refractivity contribution is -0.883. The zero-order chi connectivity index (χ0) is 36.8. The highest BCUT2D eigenvalue weighted by Crippen LogP contribution is 2.15. The molecule has 52 heavy (non-hydrogen) atoms. The van der Waals surface area contributed by atoms with Gasteiger partial charge in [-0.1, -0.05) is 167 Å². The molecule has 306 valence electrons. The Labute approximate surface area is 334 Å². The molecule has 0 fully saturated rings. The lowest BCUT2D eigenvalue weighted by Gasteiger charge is -2.28. The average Bonchev–Trinajstić information content (AvgIpc) is 3.07. The summed E-state index contributed by atoms with van der Waals surface area (Å²) in [4.78, 5) is 25.2. The lowest BCUT2D eigenvalue weighted by Crippen LogP contribution is -3.00. The number of halogens is 2. The van der Waals surface area contributed by atoms with E-state index >= 15 is 0 Å². The largest absolute Gasteiger partial charge is 1.00 e. The zero-order valence-corrected chi connectivity index (χ0v) is 36.3. The van der Waals surface area contributed by atoms with Gasteiger partial charge in [-0.05, 0) is 36.8 Å². The molecule has 8 heteroatoms. The Morgan fingerprint density at radius 3 is 0.904 bits per heavy atom. The number of nitrogens with zero attached hydrogens (tertiary/aromatic N) is 2. The molecule has 0 aromatic heterocycles. The SMILES string of the molecule is CCCCCCCCCCCCCC[N+](C)(C)CC(=O)OCc1ccc(COC(=O)C[N+](C)(C)CCCCCCCCCCCCCC)cc1.[Cl-].[Cl-]. The van der Waals surface area contributed by atoms with Gasteiger partial charge in [0.25, 0.3) is 0 Å². The van der Waals surface area contributed by atoms with Crippen LogP contribution in [0.3, 0.4) is 0 Å². The summed E-state index contributed by atoms with van der Waals surface area (Å²) in [7, 11) is 8.48. The van der Waals surface area contributed by atoms with E-state index in [1.165, 1.54) is 141 Å². The van der Waals surface area contributed by atoms with Gasteiger partial charge in [0.1, 0.15) is 13.2 Å². The van der Waals surface area contributed by atoms with Gasteiger partial charge in [0.05, 0.1) is 41.3 Å². The number of unbranched alkanes of at least 4 members (excludes halogenated alkanes) is 22. The summed E-state index contributed by atoms with van der Waals surface area (Å²) < 4.78 is 12.5. The molecule has 0 aliphatic heterocycles. The molecule has 0 unspecified atom stereocenters. The summed E-state index contributed by atoms with van der Waals surface area (Å²) in [6.07, 6.45) is 32.2. The number of quaternary nitrogens is 2. The van der Waals surface area contributed by atoms with E-state index in [2.05, 4.69) is 42.0 Å². The van der Waals surface area contributed by atoms with E-state index in [9.17, 15) is 9.59 Å². The van der Waals surface area contributed by atoms with Crippen LogP contribution in [0.1, 0.15) is 179 Å². The van der Waals surface area contributed by atoms with Crippen LogP contribution in [0.15, 0.2) is 24.3 Å². The van der Waals surface area contributed by atoms with Crippen molar-refractivity contribution in [3.05, 3.63) is 35.4 Å². The van der Waals surface area contributed by atoms with E-state index in [0.717, 1.165) is 37.1 Å². The van der Waals surface area contributed by atoms with Gasteiger partial charge in [-0.2, -0.15) is 0 Å². The minimum atomic E-state index is -0.156. The van der Waals surface area contributed by atoms with Gasteiger partial charge in [-0.25, -0.2) is 9.59 Å². The van der Waals surface area contributed by atoms with Crippen molar-refractivity contribution in [3.8, 4) is 0 Å². The first kappa shape index (κ1) is 52.8. The topological polar surface area (TPSA) is 52.6 Å². The van der Waals surface area contributed by atoms with Crippen LogP contribution in [0, 0.1) is 0 Å². The molecule has 0 atom stereocenters. The molecular weight excluding hydrogens is 691 g/mol. The molecule has 0 saturated carbocycles. The van der Waals surface area contributed by atoms with E-state index in [0.29, 0.717) is 22.1 Å². The second-order valence-corrected chi connectivity index (χ2v) is 16.6. The van der Waals surface area contributed by atoms with E-state index < -0.39 is 0 Å². The first-order valence-electron chi connectivity index (χ1n) is 21.1. The fraction of sp³-hybridized carbons (Fsp3) is 0.818. The summed E-state index contributed by atoms with van der Waals surface area (Å²) in [6.45, 7) is 7.85. The van der Waals surface area contributed by atoms with Crippen LogP contribution in [0.4, 0.5) is 0 Å². The standard InChI is InChI=1S/C44H82N2O4.2ClH/c1-7-9-11-13-15-17-19-21-23-25-27-29-35-45(3,4)37-43(47)49-39-41-31-33-42(34-32-41)40-50-44(48)38-46(5,6)36-30-28-26-24-22-20-18-16-14-12-10-8-2;;/h31-34H,7-30,35-40H2,1-6H3;2*1H/q+2;;/p-2. The highest BCUT2D eigenvalue weighted by atomic mass is 35.5.